The first kappa shape index (κ1) is 18.1. The van der Waals surface area contributed by atoms with E-state index >= 15 is 0 Å². The highest BCUT2D eigenvalue weighted by Gasteiger charge is 2.28. The topological polar surface area (TPSA) is 56.8 Å². The van der Waals surface area contributed by atoms with Gasteiger partial charge in [-0.3, -0.25) is 4.79 Å². The molecule has 1 aromatic carbocycles. The van der Waals surface area contributed by atoms with Gasteiger partial charge in [-0.1, -0.05) is 18.6 Å². The lowest BCUT2D eigenvalue weighted by Gasteiger charge is -2.28. The summed E-state index contributed by atoms with van der Waals surface area (Å²) < 4.78 is 16.7. The normalized spacial score (nSPS) is 26.2. The molecule has 1 aromatic rings. The maximum atomic E-state index is 12.0. The fraction of sp³-hybridized carbons (Fsp3) is 0.650. The van der Waals surface area contributed by atoms with Gasteiger partial charge in [0.2, 0.25) is 0 Å². The predicted molar refractivity (Wildman–Crippen MR) is 96.9 cm³/mol. The monoisotopic (exact) mass is 347 g/mol. The van der Waals surface area contributed by atoms with Crippen molar-refractivity contribution in [1.29, 1.82) is 0 Å². The fourth-order valence-electron chi connectivity index (χ4n) is 3.71. The molecule has 3 atom stereocenters. The molecule has 2 aliphatic rings. The molecule has 5 heteroatoms. The fourth-order valence-corrected chi connectivity index (χ4v) is 3.71. The number of carbonyl (C=O) groups excluding carboxylic acids is 1. The van der Waals surface area contributed by atoms with Crippen LogP contribution in [0.25, 0.3) is 0 Å². The number of benzene rings is 1. The van der Waals surface area contributed by atoms with E-state index in [1.807, 2.05) is 25.1 Å². The van der Waals surface area contributed by atoms with E-state index in [4.69, 9.17) is 14.2 Å². The Kier molecular flexibility index (Phi) is 6.56. The van der Waals surface area contributed by atoms with E-state index in [-0.39, 0.29) is 18.0 Å². The highest BCUT2D eigenvalue weighted by molar-refractivity contribution is 5.72. The van der Waals surface area contributed by atoms with E-state index in [9.17, 15) is 4.79 Å². The molecule has 0 amide bonds. The third-order valence-electron chi connectivity index (χ3n) is 5.05. The maximum Gasteiger partial charge on any atom is 0.308 e. The summed E-state index contributed by atoms with van der Waals surface area (Å²) in [4.78, 5) is 12.0. The van der Waals surface area contributed by atoms with E-state index in [1.165, 1.54) is 0 Å². The Bertz CT molecular complexity index is 556. The van der Waals surface area contributed by atoms with Crippen molar-refractivity contribution in [2.45, 2.75) is 45.1 Å². The highest BCUT2D eigenvalue weighted by atomic mass is 16.5. The van der Waals surface area contributed by atoms with E-state index in [2.05, 4.69) is 11.4 Å². The van der Waals surface area contributed by atoms with Gasteiger partial charge in [0.15, 0.2) is 0 Å². The van der Waals surface area contributed by atoms with Crippen molar-refractivity contribution >= 4 is 11.7 Å². The second-order valence-corrected chi connectivity index (χ2v) is 6.96. The Hall–Kier alpha value is -1.75. The van der Waals surface area contributed by atoms with Crippen molar-refractivity contribution in [2.75, 3.05) is 31.7 Å². The van der Waals surface area contributed by atoms with Crippen LogP contribution < -0.4 is 10.1 Å². The van der Waals surface area contributed by atoms with Gasteiger partial charge in [0.05, 0.1) is 31.4 Å². The van der Waals surface area contributed by atoms with Crippen molar-refractivity contribution in [2.24, 2.45) is 11.8 Å². The van der Waals surface area contributed by atoms with Crippen LogP contribution >= 0.6 is 0 Å². The number of rotatable bonds is 7. The van der Waals surface area contributed by atoms with Gasteiger partial charge in [-0.05, 0) is 44.2 Å². The van der Waals surface area contributed by atoms with Gasteiger partial charge in [-0.25, -0.2) is 0 Å². The van der Waals surface area contributed by atoms with E-state index < -0.39 is 0 Å². The molecular weight excluding hydrogens is 318 g/mol. The summed E-state index contributed by atoms with van der Waals surface area (Å²) in [5.41, 5.74) is 1.02. The largest absolute Gasteiger partial charge is 0.486 e. The second-order valence-electron chi connectivity index (χ2n) is 6.96. The Balaban J connectivity index is 1.53. The molecule has 1 saturated carbocycles. The van der Waals surface area contributed by atoms with Crippen LogP contribution in [0.4, 0.5) is 5.69 Å². The molecular formula is C20H29NO4. The first-order valence-electron chi connectivity index (χ1n) is 9.50. The van der Waals surface area contributed by atoms with Crippen molar-refractivity contribution in [3.8, 4) is 5.75 Å². The Labute approximate surface area is 150 Å². The molecule has 1 heterocycles. The lowest BCUT2D eigenvalue weighted by Crippen LogP contribution is -2.28. The molecule has 3 rings (SSSR count). The van der Waals surface area contributed by atoms with Gasteiger partial charge in [0, 0.05) is 13.0 Å². The number of nitrogens with one attached hydrogen (secondary N) is 1. The Morgan fingerprint density at radius 2 is 2.16 bits per heavy atom. The van der Waals surface area contributed by atoms with Crippen molar-refractivity contribution in [3.05, 3.63) is 24.3 Å². The summed E-state index contributed by atoms with van der Waals surface area (Å²) in [6.07, 6.45) is 5.20. The van der Waals surface area contributed by atoms with Gasteiger partial charge < -0.3 is 19.5 Å². The molecule has 1 N–H and O–H groups in total. The van der Waals surface area contributed by atoms with Crippen molar-refractivity contribution < 1.29 is 19.0 Å². The summed E-state index contributed by atoms with van der Waals surface area (Å²) in [5, 5.41) is 3.53. The van der Waals surface area contributed by atoms with Gasteiger partial charge in [0.1, 0.15) is 11.9 Å². The number of para-hydroxylation sites is 2. The molecule has 0 spiro atoms. The predicted octanol–water partition coefficient (Wildman–Crippen LogP) is 3.64. The third-order valence-corrected chi connectivity index (χ3v) is 5.05. The van der Waals surface area contributed by atoms with Crippen LogP contribution in [0, 0.1) is 11.8 Å². The highest BCUT2D eigenvalue weighted by Crippen LogP contribution is 2.32. The van der Waals surface area contributed by atoms with Crippen LogP contribution in [0.1, 0.15) is 39.0 Å². The maximum absolute atomic E-state index is 12.0. The zero-order valence-corrected chi connectivity index (χ0v) is 15.0. The van der Waals surface area contributed by atoms with Crippen LogP contribution in [0.15, 0.2) is 24.3 Å². The molecule has 1 aliphatic heterocycles. The minimum atomic E-state index is -0.0304. The molecule has 138 valence electrons. The Morgan fingerprint density at radius 1 is 1.28 bits per heavy atom. The van der Waals surface area contributed by atoms with Gasteiger partial charge in [-0.15, -0.1) is 0 Å². The number of hydrogen-bond acceptors (Lipinski definition) is 5. The minimum absolute atomic E-state index is 0.0304. The zero-order valence-electron chi connectivity index (χ0n) is 15.0. The van der Waals surface area contributed by atoms with E-state index in [0.717, 1.165) is 56.7 Å². The van der Waals surface area contributed by atoms with Crippen LogP contribution in [0.2, 0.25) is 0 Å². The summed E-state index contributed by atoms with van der Waals surface area (Å²) in [6.45, 7) is 4.63. The van der Waals surface area contributed by atoms with Crippen LogP contribution in [0.3, 0.4) is 0 Å². The molecule has 1 aliphatic carbocycles. The number of anilines is 1. The molecule has 0 aromatic heterocycles. The molecule has 25 heavy (non-hydrogen) atoms. The standard InChI is InChI=1S/C20H29NO4/c1-2-24-20(22)16-7-5-6-15(12-16)13-21-18-8-3-4-9-19(18)25-17-10-11-23-14-17/h3-4,8-9,15-17,21H,2,5-7,10-14H2,1H3/t15-,16-,17-/m1/s1. The average Bonchev–Trinajstić information content (AvgIpc) is 3.14. The van der Waals surface area contributed by atoms with Gasteiger partial charge >= 0.3 is 5.97 Å². The second kappa shape index (κ2) is 9.09. The molecule has 0 bridgehead atoms. The quantitative estimate of drug-likeness (QED) is 0.763. The van der Waals surface area contributed by atoms with Crippen LogP contribution in [-0.2, 0) is 14.3 Å². The molecule has 0 unspecified atom stereocenters. The SMILES string of the molecule is CCOC(=O)[C@@H]1CCC[C@@H](CNc2ccccc2O[C@@H]2CCOC2)C1. The number of hydrogen-bond donors (Lipinski definition) is 1. The average molecular weight is 347 g/mol. The number of ether oxygens (including phenoxy) is 3. The van der Waals surface area contributed by atoms with Crippen LogP contribution in [-0.4, -0.2) is 38.4 Å². The van der Waals surface area contributed by atoms with E-state index in [1.54, 1.807) is 0 Å². The minimum Gasteiger partial charge on any atom is -0.486 e. The van der Waals surface area contributed by atoms with E-state index in [0.29, 0.717) is 19.1 Å². The van der Waals surface area contributed by atoms with Crippen molar-refractivity contribution in [3.63, 3.8) is 0 Å². The molecule has 1 saturated heterocycles. The lowest BCUT2D eigenvalue weighted by atomic mass is 9.81. The summed E-state index contributed by atoms with van der Waals surface area (Å²) in [5.74, 6) is 1.40. The molecule has 0 radical (unpaired) electrons. The first-order valence-corrected chi connectivity index (χ1v) is 9.50. The van der Waals surface area contributed by atoms with Gasteiger partial charge in [0.25, 0.3) is 0 Å². The van der Waals surface area contributed by atoms with Gasteiger partial charge in [-0.2, -0.15) is 0 Å². The van der Waals surface area contributed by atoms with Crippen molar-refractivity contribution in [1.82, 2.24) is 0 Å². The summed E-state index contributed by atoms with van der Waals surface area (Å²) in [7, 11) is 0. The zero-order chi connectivity index (χ0) is 17.5. The molecule has 2 fully saturated rings. The number of carbonyl (C=O) groups is 1. The number of esters is 1. The van der Waals surface area contributed by atoms with Crippen LogP contribution in [0.5, 0.6) is 5.75 Å². The molecule has 5 nitrogen and oxygen atoms in total. The Morgan fingerprint density at radius 3 is 2.96 bits per heavy atom. The third kappa shape index (κ3) is 5.11. The smallest absolute Gasteiger partial charge is 0.308 e. The first-order chi connectivity index (χ1) is 12.3. The summed E-state index contributed by atoms with van der Waals surface area (Å²) >= 11 is 0. The summed E-state index contributed by atoms with van der Waals surface area (Å²) in [6, 6.07) is 8.07. The lowest BCUT2D eigenvalue weighted by molar-refractivity contribution is -0.149.